The highest BCUT2D eigenvalue weighted by molar-refractivity contribution is 7.11. The van der Waals surface area contributed by atoms with Crippen LogP contribution in [0.5, 0.6) is 0 Å². The zero-order valence-corrected chi connectivity index (χ0v) is 10.0. The highest BCUT2D eigenvalue weighted by atomic mass is 32.1. The summed E-state index contributed by atoms with van der Waals surface area (Å²) in [5.74, 6) is -0.101. The Balaban J connectivity index is 1.95. The first-order valence-corrected chi connectivity index (χ1v) is 5.83. The summed E-state index contributed by atoms with van der Waals surface area (Å²) < 4.78 is 0. The first kappa shape index (κ1) is 10.9. The molecule has 0 aliphatic rings. The molecule has 0 aliphatic heterocycles. The molecule has 2 rings (SSSR count). The van der Waals surface area contributed by atoms with Gasteiger partial charge in [-0.2, -0.15) is 0 Å². The van der Waals surface area contributed by atoms with E-state index in [0.29, 0.717) is 12.2 Å². The van der Waals surface area contributed by atoms with E-state index in [4.69, 9.17) is 0 Å². The van der Waals surface area contributed by atoms with Crippen LogP contribution in [-0.4, -0.2) is 15.9 Å². The predicted octanol–water partition coefficient (Wildman–Crippen LogP) is 2.02. The van der Waals surface area contributed by atoms with Crippen molar-refractivity contribution < 1.29 is 4.79 Å². The van der Waals surface area contributed by atoms with Gasteiger partial charge in [0.05, 0.1) is 12.2 Å². The van der Waals surface area contributed by atoms with Crippen molar-refractivity contribution in [1.82, 2.24) is 15.3 Å². The highest BCUT2D eigenvalue weighted by Crippen LogP contribution is 2.15. The van der Waals surface area contributed by atoms with Gasteiger partial charge < -0.3 is 10.3 Å². The fourth-order valence-corrected chi connectivity index (χ4v) is 2.21. The molecular formula is C11H13N3OS. The van der Waals surface area contributed by atoms with Crippen molar-refractivity contribution in [2.45, 2.75) is 20.4 Å². The molecule has 2 N–H and O–H groups in total. The molecule has 0 fully saturated rings. The summed E-state index contributed by atoms with van der Waals surface area (Å²) in [5, 5.41) is 3.76. The van der Waals surface area contributed by atoms with Crippen molar-refractivity contribution in [3.8, 4) is 0 Å². The normalized spacial score (nSPS) is 10.4. The second-order valence-corrected chi connectivity index (χ2v) is 4.80. The summed E-state index contributed by atoms with van der Waals surface area (Å²) in [7, 11) is 0. The van der Waals surface area contributed by atoms with E-state index >= 15 is 0 Å². The fraction of sp³-hybridized carbons (Fsp3) is 0.273. The number of carbonyl (C=O) groups is 1. The van der Waals surface area contributed by atoms with E-state index in [-0.39, 0.29) is 5.91 Å². The number of nitrogens with one attached hydrogen (secondary N) is 2. The molecule has 0 unspecified atom stereocenters. The van der Waals surface area contributed by atoms with Crippen LogP contribution < -0.4 is 5.32 Å². The fourth-order valence-electron chi connectivity index (χ4n) is 1.34. The minimum absolute atomic E-state index is 0.101. The Labute approximate surface area is 97.7 Å². The summed E-state index contributed by atoms with van der Waals surface area (Å²) in [6.45, 7) is 4.49. The van der Waals surface area contributed by atoms with Crippen LogP contribution in [0.25, 0.3) is 0 Å². The van der Waals surface area contributed by atoms with Crippen LogP contribution in [0.15, 0.2) is 18.3 Å². The van der Waals surface area contributed by atoms with Crippen molar-refractivity contribution in [3.63, 3.8) is 0 Å². The second kappa shape index (κ2) is 4.49. The van der Waals surface area contributed by atoms with Crippen LogP contribution in [0.2, 0.25) is 0 Å². The van der Waals surface area contributed by atoms with Gasteiger partial charge in [0.15, 0.2) is 0 Å². The van der Waals surface area contributed by atoms with E-state index < -0.39 is 0 Å². The topological polar surface area (TPSA) is 57.8 Å². The third-order valence-corrected chi connectivity index (χ3v) is 3.39. The van der Waals surface area contributed by atoms with Gasteiger partial charge in [0.25, 0.3) is 5.91 Å². The number of aromatic nitrogens is 2. The number of H-pyrrole nitrogens is 1. The molecular weight excluding hydrogens is 222 g/mol. The van der Waals surface area contributed by atoms with Crippen LogP contribution in [0.1, 0.15) is 26.1 Å². The summed E-state index contributed by atoms with van der Waals surface area (Å²) in [6, 6.07) is 3.54. The summed E-state index contributed by atoms with van der Waals surface area (Å²) >= 11 is 1.62. The number of thiazole rings is 1. The Morgan fingerprint density at radius 2 is 2.38 bits per heavy atom. The van der Waals surface area contributed by atoms with Gasteiger partial charge >= 0.3 is 0 Å². The van der Waals surface area contributed by atoms with Crippen LogP contribution in [-0.2, 0) is 6.54 Å². The number of rotatable bonds is 3. The molecule has 2 aromatic rings. The standard InChI is InChI=1S/C11H13N3OS/c1-7-8(2)16-10(14-7)6-13-11(15)9-4-3-5-12-9/h3-5,12H,6H2,1-2H3,(H,13,15). The zero-order valence-electron chi connectivity index (χ0n) is 9.20. The molecule has 0 atom stereocenters. The second-order valence-electron chi connectivity index (χ2n) is 3.52. The number of amides is 1. The lowest BCUT2D eigenvalue weighted by Gasteiger charge is -2.00. The molecule has 5 heteroatoms. The lowest BCUT2D eigenvalue weighted by atomic mass is 10.4. The van der Waals surface area contributed by atoms with E-state index in [1.165, 1.54) is 4.88 Å². The lowest BCUT2D eigenvalue weighted by molar-refractivity contribution is 0.0946. The average Bonchev–Trinajstić information content (AvgIpc) is 2.86. The molecule has 0 radical (unpaired) electrons. The highest BCUT2D eigenvalue weighted by Gasteiger charge is 2.07. The van der Waals surface area contributed by atoms with E-state index in [2.05, 4.69) is 15.3 Å². The Morgan fingerprint density at radius 3 is 2.94 bits per heavy atom. The number of nitrogens with zero attached hydrogens (tertiary/aromatic N) is 1. The van der Waals surface area contributed by atoms with Gasteiger partial charge in [-0.3, -0.25) is 4.79 Å². The van der Waals surface area contributed by atoms with E-state index in [1.54, 1.807) is 29.7 Å². The molecule has 4 nitrogen and oxygen atoms in total. The first-order valence-electron chi connectivity index (χ1n) is 5.01. The molecule has 0 saturated carbocycles. The molecule has 2 heterocycles. The van der Waals surface area contributed by atoms with Crippen molar-refractivity contribution in [1.29, 1.82) is 0 Å². The van der Waals surface area contributed by atoms with Gasteiger partial charge in [-0.15, -0.1) is 11.3 Å². The van der Waals surface area contributed by atoms with Gasteiger partial charge in [-0.05, 0) is 26.0 Å². The third-order valence-electron chi connectivity index (χ3n) is 2.32. The summed E-state index contributed by atoms with van der Waals surface area (Å²) in [6.07, 6.45) is 1.73. The molecule has 0 bridgehead atoms. The minimum atomic E-state index is -0.101. The molecule has 16 heavy (non-hydrogen) atoms. The number of hydrogen-bond donors (Lipinski definition) is 2. The maximum absolute atomic E-state index is 11.6. The molecule has 0 aromatic carbocycles. The van der Waals surface area contributed by atoms with E-state index in [0.717, 1.165) is 10.7 Å². The Morgan fingerprint density at radius 1 is 1.56 bits per heavy atom. The number of aryl methyl sites for hydroxylation is 2. The maximum atomic E-state index is 11.6. The van der Waals surface area contributed by atoms with Gasteiger partial charge in [-0.25, -0.2) is 4.98 Å². The van der Waals surface area contributed by atoms with Crippen LogP contribution in [0, 0.1) is 13.8 Å². The molecule has 0 spiro atoms. The number of hydrogen-bond acceptors (Lipinski definition) is 3. The smallest absolute Gasteiger partial charge is 0.268 e. The van der Waals surface area contributed by atoms with Crippen LogP contribution in [0.3, 0.4) is 0 Å². The molecule has 2 aromatic heterocycles. The minimum Gasteiger partial charge on any atom is -0.357 e. The molecule has 84 valence electrons. The molecule has 0 aliphatic carbocycles. The van der Waals surface area contributed by atoms with E-state index in [9.17, 15) is 4.79 Å². The van der Waals surface area contributed by atoms with Crippen LogP contribution >= 0.6 is 11.3 Å². The lowest BCUT2D eigenvalue weighted by Crippen LogP contribution is -2.22. The predicted molar refractivity (Wildman–Crippen MR) is 63.6 cm³/mol. The Hall–Kier alpha value is -1.62. The molecule has 1 amide bonds. The van der Waals surface area contributed by atoms with Gasteiger partial charge in [0.1, 0.15) is 10.7 Å². The van der Waals surface area contributed by atoms with Crippen molar-refractivity contribution in [3.05, 3.63) is 39.6 Å². The quantitative estimate of drug-likeness (QED) is 0.855. The van der Waals surface area contributed by atoms with Gasteiger partial charge in [-0.1, -0.05) is 0 Å². The maximum Gasteiger partial charge on any atom is 0.268 e. The van der Waals surface area contributed by atoms with E-state index in [1.807, 2.05) is 13.8 Å². The SMILES string of the molecule is Cc1nc(CNC(=O)c2ccc[nH]2)sc1C. The number of aromatic amines is 1. The van der Waals surface area contributed by atoms with Crippen molar-refractivity contribution >= 4 is 17.2 Å². The Kier molecular flexibility index (Phi) is 3.05. The van der Waals surface area contributed by atoms with Crippen molar-refractivity contribution in [2.24, 2.45) is 0 Å². The van der Waals surface area contributed by atoms with Crippen molar-refractivity contribution in [2.75, 3.05) is 0 Å². The van der Waals surface area contributed by atoms with Crippen LogP contribution in [0.4, 0.5) is 0 Å². The average molecular weight is 235 g/mol. The monoisotopic (exact) mass is 235 g/mol. The molecule has 0 saturated heterocycles. The zero-order chi connectivity index (χ0) is 11.5. The van der Waals surface area contributed by atoms with Gasteiger partial charge in [0.2, 0.25) is 0 Å². The number of carbonyl (C=O) groups excluding carboxylic acids is 1. The Bertz CT molecular complexity index is 468. The van der Waals surface area contributed by atoms with Gasteiger partial charge in [0, 0.05) is 11.1 Å². The summed E-state index contributed by atoms with van der Waals surface area (Å²) in [4.78, 5) is 20.0. The first-order chi connectivity index (χ1) is 7.66. The largest absolute Gasteiger partial charge is 0.357 e. The third kappa shape index (κ3) is 2.30. The summed E-state index contributed by atoms with van der Waals surface area (Å²) in [5.41, 5.74) is 1.61.